The summed E-state index contributed by atoms with van der Waals surface area (Å²) >= 11 is 0. The minimum Gasteiger partial charge on any atom is -0.480 e. The predicted octanol–water partition coefficient (Wildman–Crippen LogP) is -0.784. The minimum absolute atomic E-state index is 0.0179. The second kappa shape index (κ2) is 6.32. The van der Waals surface area contributed by atoms with Crippen molar-refractivity contribution in [3.05, 3.63) is 0 Å². The Bertz CT molecular complexity index is 355. The van der Waals surface area contributed by atoms with Crippen LogP contribution in [0.5, 0.6) is 0 Å². The molecule has 0 aromatic carbocycles. The van der Waals surface area contributed by atoms with Gasteiger partial charge in [0, 0.05) is 12.1 Å². The van der Waals surface area contributed by atoms with Crippen LogP contribution in [0.25, 0.3) is 0 Å². The van der Waals surface area contributed by atoms with Crippen LogP contribution in [0, 0.1) is 0 Å². The Morgan fingerprint density at radius 1 is 1.29 bits per heavy atom. The smallest absolute Gasteiger partial charge is 0.317 e. The molecule has 1 saturated heterocycles. The van der Waals surface area contributed by atoms with E-state index in [-0.39, 0.29) is 30.1 Å². The Hall–Kier alpha value is -0.660. The number of rotatable bonds is 7. The second-order valence-electron chi connectivity index (χ2n) is 4.37. The molecule has 2 atom stereocenters. The van der Waals surface area contributed by atoms with E-state index < -0.39 is 15.8 Å². The van der Waals surface area contributed by atoms with E-state index in [4.69, 9.17) is 5.11 Å². The van der Waals surface area contributed by atoms with Crippen LogP contribution in [0.3, 0.4) is 0 Å². The van der Waals surface area contributed by atoms with Gasteiger partial charge in [-0.25, -0.2) is 8.42 Å². The molecular weight excluding hydrogens is 244 g/mol. The molecule has 0 saturated carbocycles. The normalized spacial score (nSPS) is 27.1. The number of sulfone groups is 1. The molecule has 0 aliphatic carbocycles. The Morgan fingerprint density at radius 3 is 2.41 bits per heavy atom. The molecule has 7 heteroatoms. The van der Waals surface area contributed by atoms with Gasteiger partial charge < -0.3 is 15.7 Å². The van der Waals surface area contributed by atoms with Crippen LogP contribution >= 0.6 is 0 Å². The lowest BCUT2D eigenvalue weighted by Gasteiger charge is -2.19. The van der Waals surface area contributed by atoms with E-state index in [1.165, 1.54) is 0 Å². The van der Waals surface area contributed by atoms with Gasteiger partial charge in [-0.3, -0.25) is 4.79 Å². The summed E-state index contributed by atoms with van der Waals surface area (Å²) in [6, 6.07) is -0.473. The lowest BCUT2D eigenvalue weighted by atomic mass is 10.1. The maximum absolute atomic E-state index is 11.5. The quantitative estimate of drug-likeness (QED) is 0.522. The summed E-state index contributed by atoms with van der Waals surface area (Å²) in [5.74, 6) is -0.862. The summed E-state index contributed by atoms with van der Waals surface area (Å²) in [6.07, 6.45) is 2.03. The number of hydrogen-bond donors (Lipinski definition) is 3. The van der Waals surface area contributed by atoms with Gasteiger partial charge in [0.2, 0.25) is 0 Å². The van der Waals surface area contributed by atoms with E-state index in [0.29, 0.717) is 0 Å². The Morgan fingerprint density at radius 2 is 1.88 bits per heavy atom. The highest BCUT2D eigenvalue weighted by Crippen LogP contribution is 2.12. The molecule has 1 fully saturated rings. The molecule has 0 aromatic rings. The van der Waals surface area contributed by atoms with Gasteiger partial charge in [0.15, 0.2) is 9.84 Å². The van der Waals surface area contributed by atoms with Crippen molar-refractivity contribution in [2.45, 2.75) is 31.8 Å². The number of carbonyl (C=O) groups is 1. The van der Waals surface area contributed by atoms with Crippen LogP contribution < -0.4 is 10.6 Å². The second-order valence-corrected chi connectivity index (χ2v) is 6.53. The molecule has 100 valence electrons. The molecule has 0 unspecified atom stereocenters. The third kappa shape index (κ3) is 5.01. The molecule has 17 heavy (non-hydrogen) atoms. The van der Waals surface area contributed by atoms with E-state index in [1.807, 2.05) is 0 Å². The fraction of sp³-hybridized carbons (Fsp3) is 0.900. The number of aliphatic carboxylic acids is 1. The van der Waals surface area contributed by atoms with Gasteiger partial charge in [-0.05, 0) is 13.0 Å². The van der Waals surface area contributed by atoms with Crippen molar-refractivity contribution in [2.75, 3.05) is 24.6 Å². The van der Waals surface area contributed by atoms with E-state index in [9.17, 15) is 13.2 Å². The topological polar surface area (TPSA) is 95.5 Å². The van der Waals surface area contributed by atoms with Gasteiger partial charge in [-0.2, -0.15) is 0 Å². The largest absolute Gasteiger partial charge is 0.480 e. The van der Waals surface area contributed by atoms with E-state index in [2.05, 4.69) is 17.6 Å². The van der Waals surface area contributed by atoms with Crippen molar-refractivity contribution in [2.24, 2.45) is 0 Å². The van der Waals surface area contributed by atoms with Crippen molar-refractivity contribution < 1.29 is 18.3 Å². The van der Waals surface area contributed by atoms with Crippen LogP contribution in [0.1, 0.15) is 19.8 Å². The van der Waals surface area contributed by atoms with Crippen LogP contribution in [-0.4, -0.2) is 56.2 Å². The first-order valence-electron chi connectivity index (χ1n) is 5.83. The summed E-state index contributed by atoms with van der Waals surface area (Å²) in [6.45, 7) is 2.63. The lowest BCUT2D eigenvalue weighted by molar-refractivity contribution is -0.136. The van der Waals surface area contributed by atoms with Crippen LogP contribution in [0.4, 0.5) is 0 Å². The number of hydrogen-bond acceptors (Lipinski definition) is 5. The average Bonchev–Trinajstić information content (AvgIpc) is 2.51. The van der Waals surface area contributed by atoms with Crippen molar-refractivity contribution in [1.82, 2.24) is 10.6 Å². The highest BCUT2D eigenvalue weighted by atomic mass is 32.2. The lowest BCUT2D eigenvalue weighted by Crippen LogP contribution is -2.48. The van der Waals surface area contributed by atoms with Gasteiger partial charge in [0.1, 0.15) is 0 Å². The van der Waals surface area contributed by atoms with Crippen molar-refractivity contribution in [3.63, 3.8) is 0 Å². The van der Waals surface area contributed by atoms with Gasteiger partial charge in [-0.1, -0.05) is 13.3 Å². The highest BCUT2D eigenvalue weighted by molar-refractivity contribution is 7.91. The first-order chi connectivity index (χ1) is 7.94. The van der Waals surface area contributed by atoms with Gasteiger partial charge >= 0.3 is 5.97 Å². The van der Waals surface area contributed by atoms with Crippen LogP contribution in [-0.2, 0) is 14.6 Å². The van der Waals surface area contributed by atoms with Gasteiger partial charge in [0.25, 0.3) is 0 Å². The fourth-order valence-corrected chi connectivity index (χ4v) is 3.86. The molecule has 1 rings (SSSR count). The van der Waals surface area contributed by atoms with Crippen molar-refractivity contribution in [1.29, 1.82) is 0 Å². The Labute approximate surface area is 102 Å². The van der Waals surface area contributed by atoms with Crippen molar-refractivity contribution in [3.8, 4) is 0 Å². The van der Waals surface area contributed by atoms with E-state index >= 15 is 0 Å². The third-order valence-corrected chi connectivity index (χ3v) is 4.54. The molecule has 6 nitrogen and oxygen atoms in total. The Kier molecular flexibility index (Phi) is 5.35. The Balaban J connectivity index is 2.49. The highest BCUT2D eigenvalue weighted by Gasteiger charge is 2.36. The SMILES string of the molecule is CCCCN[C@@H]1CS(=O)(=O)C[C@H]1NCC(=O)O. The molecule has 0 aromatic heterocycles. The van der Waals surface area contributed by atoms with Crippen LogP contribution in [0.2, 0.25) is 0 Å². The van der Waals surface area contributed by atoms with E-state index in [1.54, 1.807) is 0 Å². The minimum atomic E-state index is -3.05. The zero-order valence-corrected chi connectivity index (χ0v) is 10.8. The van der Waals surface area contributed by atoms with Crippen LogP contribution in [0.15, 0.2) is 0 Å². The molecule has 3 N–H and O–H groups in total. The maximum Gasteiger partial charge on any atom is 0.317 e. The number of carboxylic acids is 1. The maximum atomic E-state index is 11.5. The van der Waals surface area contributed by atoms with Gasteiger partial charge in [0.05, 0.1) is 18.1 Å². The predicted molar refractivity (Wildman–Crippen MR) is 64.8 cm³/mol. The zero-order chi connectivity index (χ0) is 12.9. The fourth-order valence-electron chi connectivity index (χ4n) is 1.93. The van der Waals surface area contributed by atoms with Crippen molar-refractivity contribution >= 4 is 15.8 Å². The van der Waals surface area contributed by atoms with E-state index in [0.717, 1.165) is 19.4 Å². The molecule has 1 heterocycles. The molecule has 1 aliphatic rings. The molecule has 1 aliphatic heterocycles. The summed E-state index contributed by atoms with van der Waals surface area (Å²) in [7, 11) is -3.05. The number of carboxylic acid groups (broad SMARTS) is 1. The monoisotopic (exact) mass is 264 g/mol. The molecule has 0 spiro atoms. The standard InChI is InChI=1S/C10H20N2O4S/c1-2-3-4-11-8-6-17(15,16)7-9(8)12-5-10(13)14/h8-9,11-12H,2-7H2,1H3,(H,13,14)/t8-,9-/m1/s1. The molecular formula is C10H20N2O4S. The molecule has 0 radical (unpaired) electrons. The molecule has 0 bridgehead atoms. The zero-order valence-electron chi connectivity index (χ0n) is 9.98. The average molecular weight is 264 g/mol. The molecule has 0 amide bonds. The number of nitrogens with one attached hydrogen (secondary N) is 2. The summed E-state index contributed by atoms with van der Waals surface area (Å²) in [5.41, 5.74) is 0. The summed E-state index contributed by atoms with van der Waals surface area (Å²) < 4.78 is 23.0. The third-order valence-electron chi connectivity index (χ3n) is 2.81. The number of unbranched alkanes of at least 4 members (excludes halogenated alkanes) is 1. The first-order valence-corrected chi connectivity index (χ1v) is 7.65. The first kappa shape index (κ1) is 14.4. The summed E-state index contributed by atoms with van der Waals surface area (Å²) in [5, 5.41) is 14.5. The summed E-state index contributed by atoms with van der Waals surface area (Å²) in [4.78, 5) is 10.5. The van der Waals surface area contributed by atoms with Gasteiger partial charge in [-0.15, -0.1) is 0 Å².